The molecule has 0 bridgehead atoms. The zero-order valence-corrected chi connectivity index (χ0v) is 18.6. The number of ether oxygens (including phenoxy) is 1. The number of aromatic nitrogens is 2. The van der Waals surface area contributed by atoms with Crippen LogP contribution in [0.4, 0.5) is 0 Å². The van der Waals surface area contributed by atoms with Gasteiger partial charge in [-0.15, -0.1) is 0 Å². The quantitative estimate of drug-likeness (QED) is 0.722. The van der Waals surface area contributed by atoms with Crippen LogP contribution in [0.25, 0.3) is 0 Å². The molecule has 0 saturated carbocycles. The lowest BCUT2D eigenvalue weighted by molar-refractivity contribution is -0.178. The lowest BCUT2D eigenvalue weighted by atomic mass is 9.89. The first-order valence-electron chi connectivity index (χ1n) is 10.9. The van der Waals surface area contributed by atoms with Crippen LogP contribution in [0.1, 0.15) is 37.1 Å². The first-order valence-corrected chi connectivity index (χ1v) is 12.4. The molecule has 2 saturated heterocycles. The Morgan fingerprint density at radius 3 is 2.55 bits per heavy atom. The molecule has 5 rings (SSSR count). The zero-order chi connectivity index (χ0) is 21.6. The molecule has 2 aromatic rings. The number of nitrogens with zero attached hydrogens (tertiary/aromatic N) is 4. The van der Waals surface area contributed by atoms with E-state index in [1.54, 1.807) is 18.3 Å². The van der Waals surface area contributed by atoms with Crippen molar-refractivity contribution in [3.05, 3.63) is 48.0 Å². The third kappa shape index (κ3) is 3.48. The average Bonchev–Trinajstić information content (AvgIpc) is 3.46. The molecule has 1 amide bonds. The molecule has 9 heteroatoms. The second-order valence-corrected chi connectivity index (χ2v) is 10.6. The number of sulfonamides is 1. The van der Waals surface area contributed by atoms with E-state index in [0.717, 1.165) is 37.3 Å². The minimum atomic E-state index is -3.58. The van der Waals surface area contributed by atoms with Crippen LogP contribution >= 0.6 is 0 Å². The van der Waals surface area contributed by atoms with Gasteiger partial charge >= 0.3 is 0 Å². The number of amides is 1. The Hall–Kier alpha value is -2.23. The van der Waals surface area contributed by atoms with Crippen LogP contribution in [-0.4, -0.2) is 65.4 Å². The topological polar surface area (TPSA) is 84.7 Å². The van der Waals surface area contributed by atoms with Gasteiger partial charge in [-0.3, -0.25) is 4.79 Å². The van der Waals surface area contributed by atoms with E-state index in [-0.39, 0.29) is 5.91 Å². The van der Waals surface area contributed by atoms with Gasteiger partial charge in [-0.05, 0) is 44.2 Å². The molecule has 1 aromatic heterocycles. The average molecular weight is 445 g/mol. The molecule has 1 unspecified atom stereocenters. The number of imidazole rings is 1. The number of likely N-dealkylation sites (tertiary alicyclic amines) is 1. The normalized spacial score (nSPS) is 23.8. The third-order valence-corrected chi connectivity index (χ3v) is 8.85. The molecule has 2 fully saturated rings. The van der Waals surface area contributed by atoms with E-state index >= 15 is 0 Å². The van der Waals surface area contributed by atoms with E-state index < -0.39 is 21.7 Å². The van der Waals surface area contributed by atoms with Crippen LogP contribution in [0.2, 0.25) is 0 Å². The summed E-state index contributed by atoms with van der Waals surface area (Å²) < 4.78 is 36.5. The fourth-order valence-electron chi connectivity index (χ4n) is 5.08. The summed E-state index contributed by atoms with van der Waals surface area (Å²) in [6.07, 6.45) is 6.08. The standard InChI is InChI=1S/C22H28N4O4S/c1-17-6-2-3-7-19(17)31(28,29)26-13-8-22(9-14-26)21-23-10-15-25(21)16-18(30-22)20(27)24-11-4-5-12-24/h2-3,6-7,10,15,18H,4-5,8-9,11-14,16H2,1H3. The number of benzene rings is 1. The highest BCUT2D eigenvalue weighted by Crippen LogP contribution is 2.41. The van der Waals surface area contributed by atoms with Crippen molar-refractivity contribution in [2.45, 2.75) is 55.8 Å². The molecule has 0 N–H and O–H groups in total. The Morgan fingerprint density at radius 1 is 1.13 bits per heavy atom. The molecule has 3 aliphatic heterocycles. The Bertz CT molecular complexity index is 1080. The van der Waals surface area contributed by atoms with Gasteiger partial charge in [-0.2, -0.15) is 4.31 Å². The van der Waals surface area contributed by atoms with Crippen LogP contribution in [0, 0.1) is 6.92 Å². The monoisotopic (exact) mass is 444 g/mol. The molecule has 31 heavy (non-hydrogen) atoms. The molecule has 0 aliphatic carbocycles. The number of hydrogen-bond acceptors (Lipinski definition) is 5. The number of carbonyl (C=O) groups excluding carboxylic acids is 1. The summed E-state index contributed by atoms with van der Waals surface area (Å²) in [6.45, 7) is 4.49. The molecule has 166 valence electrons. The third-order valence-electron chi connectivity index (χ3n) is 6.79. The second kappa shape index (κ2) is 7.72. The fourth-order valence-corrected chi connectivity index (χ4v) is 6.75. The Labute approximate surface area is 182 Å². The highest BCUT2D eigenvalue weighted by Gasteiger charge is 2.49. The van der Waals surface area contributed by atoms with Crippen LogP contribution in [0.5, 0.6) is 0 Å². The summed E-state index contributed by atoms with van der Waals surface area (Å²) >= 11 is 0. The van der Waals surface area contributed by atoms with E-state index in [1.807, 2.05) is 34.7 Å². The SMILES string of the molecule is Cc1ccccc1S(=O)(=O)N1CCC2(CC1)OC(C(=O)N1CCCC1)Cn1ccnc12. The van der Waals surface area contributed by atoms with Gasteiger partial charge < -0.3 is 14.2 Å². The highest BCUT2D eigenvalue weighted by molar-refractivity contribution is 7.89. The van der Waals surface area contributed by atoms with Crippen molar-refractivity contribution in [3.63, 3.8) is 0 Å². The predicted octanol–water partition coefficient (Wildman–Crippen LogP) is 1.89. The van der Waals surface area contributed by atoms with Gasteiger partial charge in [0, 0.05) is 38.6 Å². The molecule has 1 atom stereocenters. The Kier molecular flexibility index (Phi) is 5.15. The van der Waals surface area contributed by atoms with E-state index in [9.17, 15) is 13.2 Å². The molecule has 1 aromatic carbocycles. The van der Waals surface area contributed by atoms with Crippen molar-refractivity contribution in [3.8, 4) is 0 Å². The molecule has 4 heterocycles. The molecule has 3 aliphatic rings. The minimum Gasteiger partial charge on any atom is -0.352 e. The summed E-state index contributed by atoms with van der Waals surface area (Å²) in [6, 6.07) is 7.06. The zero-order valence-electron chi connectivity index (χ0n) is 17.7. The van der Waals surface area contributed by atoms with Gasteiger partial charge in [0.05, 0.1) is 11.4 Å². The summed E-state index contributed by atoms with van der Waals surface area (Å²) in [5, 5.41) is 0. The second-order valence-electron chi connectivity index (χ2n) is 8.71. The number of carbonyl (C=O) groups is 1. The smallest absolute Gasteiger partial charge is 0.253 e. The lowest BCUT2D eigenvalue weighted by Gasteiger charge is -2.45. The summed E-state index contributed by atoms with van der Waals surface area (Å²) in [4.78, 5) is 19.8. The van der Waals surface area contributed by atoms with Crippen molar-refractivity contribution in [1.82, 2.24) is 18.8 Å². The first-order chi connectivity index (χ1) is 14.9. The van der Waals surface area contributed by atoms with Crippen molar-refractivity contribution >= 4 is 15.9 Å². The largest absolute Gasteiger partial charge is 0.352 e. The molecular weight excluding hydrogens is 416 g/mol. The molecular formula is C22H28N4O4S. The van der Waals surface area contributed by atoms with Gasteiger partial charge in [0.25, 0.3) is 5.91 Å². The van der Waals surface area contributed by atoms with E-state index in [2.05, 4.69) is 4.98 Å². The lowest BCUT2D eigenvalue weighted by Crippen LogP contribution is -2.55. The van der Waals surface area contributed by atoms with Gasteiger partial charge in [0.15, 0.2) is 6.10 Å². The number of piperidine rings is 1. The predicted molar refractivity (Wildman–Crippen MR) is 114 cm³/mol. The van der Waals surface area contributed by atoms with Crippen LogP contribution in [0.15, 0.2) is 41.6 Å². The van der Waals surface area contributed by atoms with E-state index in [0.29, 0.717) is 37.4 Å². The maximum Gasteiger partial charge on any atom is 0.253 e. The minimum absolute atomic E-state index is 0.0335. The number of hydrogen-bond donors (Lipinski definition) is 0. The van der Waals surface area contributed by atoms with E-state index in [1.165, 1.54) is 4.31 Å². The van der Waals surface area contributed by atoms with Crippen molar-refractivity contribution < 1.29 is 17.9 Å². The maximum absolute atomic E-state index is 13.2. The first kappa shape index (κ1) is 20.7. The number of rotatable bonds is 3. The Balaban J connectivity index is 1.38. The van der Waals surface area contributed by atoms with E-state index in [4.69, 9.17) is 4.74 Å². The van der Waals surface area contributed by atoms with Gasteiger partial charge in [0.1, 0.15) is 11.4 Å². The van der Waals surface area contributed by atoms with Crippen molar-refractivity contribution in [1.29, 1.82) is 0 Å². The van der Waals surface area contributed by atoms with Gasteiger partial charge in [-0.1, -0.05) is 18.2 Å². The van der Waals surface area contributed by atoms with Crippen LogP contribution in [0.3, 0.4) is 0 Å². The number of aryl methyl sites for hydroxylation is 1. The summed E-state index contributed by atoms with van der Waals surface area (Å²) in [5.41, 5.74) is 0.00282. The summed E-state index contributed by atoms with van der Waals surface area (Å²) in [5.74, 6) is 0.831. The van der Waals surface area contributed by atoms with Crippen molar-refractivity contribution in [2.75, 3.05) is 26.2 Å². The highest BCUT2D eigenvalue weighted by atomic mass is 32.2. The number of fused-ring (bicyclic) bond motifs is 2. The van der Waals surface area contributed by atoms with Crippen LogP contribution in [-0.2, 0) is 31.7 Å². The van der Waals surface area contributed by atoms with Crippen molar-refractivity contribution in [2.24, 2.45) is 0 Å². The maximum atomic E-state index is 13.2. The summed E-state index contributed by atoms with van der Waals surface area (Å²) in [7, 11) is -3.58. The van der Waals surface area contributed by atoms with Gasteiger partial charge in [0.2, 0.25) is 10.0 Å². The Morgan fingerprint density at radius 2 is 1.84 bits per heavy atom. The van der Waals surface area contributed by atoms with Crippen LogP contribution < -0.4 is 0 Å². The molecule has 8 nitrogen and oxygen atoms in total. The molecule has 1 spiro atoms. The van der Waals surface area contributed by atoms with Gasteiger partial charge in [-0.25, -0.2) is 13.4 Å². The molecule has 0 radical (unpaired) electrons. The fraction of sp³-hybridized carbons (Fsp3) is 0.545.